The number of sulfonamides is 1. The van der Waals surface area contributed by atoms with Gasteiger partial charge in [0, 0.05) is 33.4 Å². The first-order valence-corrected chi connectivity index (χ1v) is 8.21. The van der Waals surface area contributed by atoms with E-state index in [-0.39, 0.29) is 24.0 Å². The Kier molecular flexibility index (Phi) is 7.27. The van der Waals surface area contributed by atoms with Crippen LogP contribution < -0.4 is 5.73 Å². The van der Waals surface area contributed by atoms with Crippen LogP contribution in [-0.4, -0.2) is 53.2 Å². The normalized spacial score (nSPS) is 13.6. The standard InChI is InChI=1S/C14H24N2O4S/c1-12(15)13-5-4-6-14(11-13)21(17,18)16(7-9-19-2)8-10-20-3/h4-6,11-12H,7-10,15H2,1-3H3. The Labute approximate surface area is 126 Å². The molecule has 21 heavy (non-hydrogen) atoms. The number of rotatable bonds is 9. The molecule has 6 nitrogen and oxygen atoms in total. The van der Waals surface area contributed by atoms with Crippen molar-refractivity contribution in [2.24, 2.45) is 5.73 Å². The Morgan fingerprint density at radius 3 is 2.24 bits per heavy atom. The fraction of sp³-hybridized carbons (Fsp3) is 0.571. The van der Waals surface area contributed by atoms with Crippen molar-refractivity contribution in [3.05, 3.63) is 29.8 Å². The third-order valence-corrected chi connectivity index (χ3v) is 5.01. The number of methoxy groups -OCH3 is 2. The van der Waals surface area contributed by atoms with Crippen LogP contribution in [-0.2, 0) is 19.5 Å². The van der Waals surface area contributed by atoms with Gasteiger partial charge in [-0.1, -0.05) is 12.1 Å². The molecule has 0 aliphatic rings. The van der Waals surface area contributed by atoms with Crippen LogP contribution in [0, 0.1) is 0 Å². The monoisotopic (exact) mass is 316 g/mol. The summed E-state index contributed by atoms with van der Waals surface area (Å²) in [6, 6.07) is 6.50. The lowest BCUT2D eigenvalue weighted by Crippen LogP contribution is -2.36. The van der Waals surface area contributed by atoms with Crippen molar-refractivity contribution in [3.63, 3.8) is 0 Å². The summed E-state index contributed by atoms with van der Waals surface area (Å²) >= 11 is 0. The maximum atomic E-state index is 12.7. The van der Waals surface area contributed by atoms with Gasteiger partial charge in [0.05, 0.1) is 18.1 Å². The molecule has 0 radical (unpaired) electrons. The fourth-order valence-electron chi connectivity index (χ4n) is 1.85. The zero-order chi connectivity index (χ0) is 15.9. The number of benzene rings is 1. The van der Waals surface area contributed by atoms with Crippen molar-refractivity contribution in [1.82, 2.24) is 4.31 Å². The van der Waals surface area contributed by atoms with E-state index in [1.165, 1.54) is 18.5 Å². The Morgan fingerprint density at radius 2 is 1.76 bits per heavy atom. The lowest BCUT2D eigenvalue weighted by molar-refractivity contribution is 0.150. The molecule has 0 amide bonds. The third kappa shape index (κ3) is 5.05. The summed E-state index contributed by atoms with van der Waals surface area (Å²) in [6.07, 6.45) is 0. The van der Waals surface area contributed by atoms with E-state index in [9.17, 15) is 8.42 Å². The maximum Gasteiger partial charge on any atom is 0.243 e. The maximum absolute atomic E-state index is 12.7. The summed E-state index contributed by atoms with van der Waals surface area (Å²) in [4.78, 5) is 0.240. The minimum Gasteiger partial charge on any atom is -0.383 e. The largest absolute Gasteiger partial charge is 0.383 e. The van der Waals surface area contributed by atoms with Gasteiger partial charge in [-0.3, -0.25) is 0 Å². The third-order valence-electron chi connectivity index (χ3n) is 3.11. The van der Waals surface area contributed by atoms with E-state index in [1.807, 2.05) is 13.0 Å². The Hall–Kier alpha value is -0.990. The average molecular weight is 316 g/mol. The average Bonchev–Trinajstić information content (AvgIpc) is 2.47. The topological polar surface area (TPSA) is 81.9 Å². The van der Waals surface area contributed by atoms with Gasteiger partial charge in [-0.25, -0.2) is 8.42 Å². The highest BCUT2D eigenvalue weighted by atomic mass is 32.2. The van der Waals surface area contributed by atoms with Gasteiger partial charge in [0.15, 0.2) is 0 Å². The molecule has 0 saturated heterocycles. The van der Waals surface area contributed by atoms with E-state index in [2.05, 4.69) is 0 Å². The number of ether oxygens (including phenoxy) is 2. The summed E-state index contributed by atoms with van der Waals surface area (Å²) in [5.41, 5.74) is 6.60. The van der Waals surface area contributed by atoms with E-state index in [0.29, 0.717) is 13.2 Å². The zero-order valence-electron chi connectivity index (χ0n) is 12.8. The van der Waals surface area contributed by atoms with E-state index in [4.69, 9.17) is 15.2 Å². The first kappa shape index (κ1) is 18.1. The molecular weight excluding hydrogens is 292 g/mol. The molecule has 0 fully saturated rings. The Morgan fingerprint density at radius 1 is 1.19 bits per heavy atom. The smallest absolute Gasteiger partial charge is 0.243 e. The molecule has 0 saturated carbocycles. The minimum atomic E-state index is -3.58. The van der Waals surface area contributed by atoms with Gasteiger partial charge in [0.1, 0.15) is 0 Å². The SMILES string of the molecule is COCCN(CCOC)S(=O)(=O)c1cccc(C(C)N)c1. The molecule has 1 unspecified atom stereocenters. The van der Waals surface area contributed by atoms with Crippen LogP contribution in [0.5, 0.6) is 0 Å². The highest BCUT2D eigenvalue weighted by molar-refractivity contribution is 7.89. The predicted molar refractivity (Wildman–Crippen MR) is 81.6 cm³/mol. The van der Waals surface area contributed by atoms with E-state index in [0.717, 1.165) is 5.56 Å². The number of nitrogens with zero attached hydrogens (tertiary/aromatic N) is 1. The highest BCUT2D eigenvalue weighted by Crippen LogP contribution is 2.19. The van der Waals surface area contributed by atoms with E-state index >= 15 is 0 Å². The molecule has 120 valence electrons. The van der Waals surface area contributed by atoms with Gasteiger partial charge < -0.3 is 15.2 Å². The summed E-state index contributed by atoms with van der Waals surface area (Å²) in [5.74, 6) is 0. The summed E-state index contributed by atoms with van der Waals surface area (Å²) in [7, 11) is -0.505. The molecule has 0 aliphatic heterocycles. The molecule has 0 spiro atoms. The molecule has 7 heteroatoms. The number of nitrogens with two attached hydrogens (primary N) is 1. The van der Waals surface area contributed by atoms with Gasteiger partial charge in [-0.05, 0) is 24.6 Å². The first-order valence-electron chi connectivity index (χ1n) is 6.77. The predicted octanol–water partition coefficient (Wildman–Crippen LogP) is 0.990. The Bertz CT molecular complexity index is 524. The van der Waals surface area contributed by atoms with Gasteiger partial charge in [0.25, 0.3) is 0 Å². The van der Waals surface area contributed by atoms with Crippen molar-refractivity contribution in [1.29, 1.82) is 0 Å². The molecule has 0 aliphatic carbocycles. The van der Waals surface area contributed by atoms with Crippen LogP contribution >= 0.6 is 0 Å². The van der Waals surface area contributed by atoms with Crippen molar-refractivity contribution in [3.8, 4) is 0 Å². The summed E-state index contributed by atoms with van der Waals surface area (Å²) < 4.78 is 36.7. The molecule has 1 aromatic carbocycles. The summed E-state index contributed by atoms with van der Waals surface area (Å²) in [6.45, 7) is 3.04. The fourth-order valence-corrected chi connectivity index (χ4v) is 3.31. The zero-order valence-corrected chi connectivity index (χ0v) is 13.6. The van der Waals surface area contributed by atoms with Crippen LogP contribution in [0.2, 0.25) is 0 Å². The van der Waals surface area contributed by atoms with Crippen LogP contribution in [0.1, 0.15) is 18.5 Å². The van der Waals surface area contributed by atoms with Crippen molar-refractivity contribution in [2.75, 3.05) is 40.5 Å². The molecule has 1 rings (SSSR count). The van der Waals surface area contributed by atoms with Crippen LogP contribution in [0.15, 0.2) is 29.2 Å². The van der Waals surface area contributed by atoms with E-state index in [1.54, 1.807) is 18.2 Å². The molecule has 0 aromatic heterocycles. The highest BCUT2D eigenvalue weighted by Gasteiger charge is 2.24. The second kappa shape index (κ2) is 8.45. The van der Waals surface area contributed by atoms with Gasteiger partial charge in [-0.15, -0.1) is 0 Å². The van der Waals surface area contributed by atoms with Crippen molar-refractivity contribution < 1.29 is 17.9 Å². The lowest BCUT2D eigenvalue weighted by Gasteiger charge is -2.22. The van der Waals surface area contributed by atoms with E-state index < -0.39 is 10.0 Å². The van der Waals surface area contributed by atoms with Crippen LogP contribution in [0.4, 0.5) is 0 Å². The quantitative estimate of drug-likeness (QED) is 0.735. The summed E-state index contributed by atoms with van der Waals surface area (Å²) in [5, 5.41) is 0. The number of hydrogen-bond donors (Lipinski definition) is 1. The Balaban J connectivity index is 3.06. The van der Waals surface area contributed by atoms with Crippen molar-refractivity contribution >= 4 is 10.0 Å². The number of hydrogen-bond acceptors (Lipinski definition) is 5. The van der Waals surface area contributed by atoms with Gasteiger partial charge >= 0.3 is 0 Å². The lowest BCUT2D eigenvalue weighted by atomic mass is 10.1. The van der Waals surface area contributed by atoms with Crippen LogP contribution in [0.25, 0.3) is 0 Å². The molecular formula is C14H24N2O4S. The molecule has 1 atom stereocenters. The second-order valence-corrected chi connectivity index (χ2v) is 6.69. The van der Waals surface area contributed by atoms with Gasteiger partial charge in [0.2, 0.25) is 10.0 Å². The molecule has 2 N–H and O–H groups in total. The first-order chi connectivity index (χ1) is 9.93. The molecule has 0 heterocycles. The van der Waals surface area contributed by atoms with Gasteiger partial charge in [-0.2, -0.15) is 4.31 Å². The minimum absolute atomic E-state index is 0.216. The van der Waals surface area contributed by atoms with Crippen molar-refractivity contribution in [2.45, 2.75) is 17.9 Å². The second-order valence-electron chi connectivity index (χ2n) is 4.75. The molecule has 0 bridgehead atoms. The molecule has 1 aromatic rings. The van der Waals surface area contributed by atoms with Crippen LogP contribution in [0.3, 0.4) is 0 Å².